The highest BCUT2D eigenvalue weighted by Gasteiger charge is 2.40. The topological polar surface area (TPSA) is 192 Å². The zero-order chi connectivity index (χ0) is 44.0. The molecule has 3 aliphatic rings. The van der Waals surface area contributed by atoms with Crippen LogP contribution in [-0.4, -0.2) is 104 Å². The molecule has 324 valence electrons. The average Bonchev–Trinajstić information content (AvgIpc) is 4.02. The molecule has 3 aromatic carbocycles. The van der Waals surface area contributed by atoms with Crippen molar-refractivity contribution in [2.75, 3.05) is 44.2 Å². The Hall–Kier alpha value is -6.94. The maximum atomic E-state index is 13.4. The summed E-state index contributed by atoms with van der Waals surface area (Å²) >= 11 is 0. The molecule has 16 nitrogen and oxygen atoms in total. The first kappa shape index (κ1) is 41.4. The number of imide groups is 1. The second-order valence-corrected chi connectivity index (χ2v) is 17.5. The Morgan fingerprint density at radius 2 is 1.76 bits per heavy atom. The average molecular weight is 851 g/mol. The second kappa shape index (κ2) is 16.7. The maximum absolute atomic E-state index is 13.4. The zero-order valence-electron chi connectivity index (χ0n) is 36.0. The van der Waals surface area contributed by atoms with Crippen molar-refractivity contribution >= 4 is 40.3 Å². The number of fused-ring (bicyclic) bond motifs is 2. The molecule has 6 heterocycles. The number of carbonyl (C=O) groups is 4. The predicted molar refractivity (Wildman–Crippen MR) is 235 cm³/mol. The van der Waals surface area contributed by atoms with Crippen LogP contribution in [0.5, 0.6) is 5.75 Å². The molecule has 6 aromatic rings. The van der Waals surface area contributed by atoms with Gasteiger partial charge in [0.25, 0.3) is 5.91 Å². The SMILES string of the molecule is Cc1cc(-c2n[nH]c3ncc(-c4ccc(N5CCN(CCOc6cccc7c6C(=O)N([C@@H]6CCC(=O)NC6=O)C7)CC5)cc4)cc23)ccc1C(C)NC(=O)c1nc(C(C)(C)C)no1. The van der Waals surface area contributed by atoms with Gasteiger partial charge in [0, 0.05) is 79.5 Å². The number of aromatic amines is 1. The van der Waals surface area contributed by atoms with Crippen molar-refractivity contribution in [1.82, 2.24) is 45.8 Å². The van der Waals surface area contributed by atoms with Gasteiger partial charge in [0.15, 0.2) is 11.5 Å². The number of pyridine rings is 1. The van der Waals surface area contributed by atoms with Crippen molar-refractivity contribution in [2.45, 2.75) is 71.5 Å². The summed E-state index contributed by atoms with van der Waals surface area (Å²) in [5, 5.41) is 17.9. The van der Waals surface area contributed by atoms with Crippen molar-refractivity contribution in [3.63, 3.8) is 0 Å². The van der Waals surface area contributed by atoms with Crippen molar-refractivity contribution < 1.29 is 28.4 Å². The van der Waals surface area contributed by atoms with E-state index >= 15 is 0 Å². The predicted octanol–water partition coefficient (Wildman–Crippen LogP) is 5.73. The van der Waals surface area contributed by atoms with Crippen LogP contribution in [-0.2, 0) is 21.5 Å². The number of piperazine rings is 1. The highest BCUT2D eigenvalue weighted by atomic mass is 16.5. The first-order chi connectivity index (χ1) is 30.3. The van der Waals surface area contributed by atoms with Gasteiger partial charge in [0.1, 0.15) is 24.1 Å². The number of anilines is 1. The van der Waals surface area contributed by atoms with E-state index in [0.717, 1.165) is 82.9 Å². The monoisotopic (exact) mass is 850 g/mol. The van der Waals surface area contributed by atoms with Crippen molar-refractivity contribution in [1.29, 1.82) is 0 Å². The van der Waals surface area contributed by atoms with Crippen molar-refractivity contribution in [3.05, 3.63) is 107 Å². The number of rotatable bonds is 11. The first-order valence-corrected chi connectivity index (χ1v) is 21.4. The number of hydrogen-bond acceptors (Lipinski definition) is 12. The van der Waals surface area contributed by atoms with Gasteiger partial charge in [-0.15, -0.1) is 0 Å². The van der Waals surface area contributed by atoms with Crippen LogP contribution in [0.2, 0.25) is 0 Å². The van der Waals surface area contributed by atoms with Gasteiger partial charge in [0.05, 0.1) is 11.6 Å². The number of carbonyl (C=O) groups excluding carboxylic acids is 4. The van der Waals surface area contributed by atoms with Crippen LogP contribution in [0.15, 0.2) is 77.4 Å². The minimum Gasteiger partial charge on any atom is -0.491 e. The summed E-state index contributed by atoms with van der Waals surface area (Å²) in [5.74, 6) is -0.431. The molecule has 9 rings (SSSR count). The van der Waals surface area contributed by atoms with E-state index in [0.29, 0.717) is 42.4 Å². The number of amides is 4. The number of piperidine rings is 1. The number of benzene rings is 3. The molecule has 0 radical (unpaired) electrons. The minimum atomic E-state index is -0.659. The molecule has 2 atom stereocenters. The molecule has 0 bridgehead atoms. The number of ether oxygens (including phenoxy) is 1. The molecule has 0 aliphatic carbocycles. The normalized spacial score (nSPS) is 17.5. The largest absolute Gasteiger partial charge is 0.491 e. The van der Waals surface area contributed by atoms with Crippen LogP contribution >= 0.6 is 0 Å². The molecule has 63 heavy (non-hydrogen) atoms. The molecule has 3 aromatic heterocycles. The van der Waals surface area contributed by atoms with E-state index in [1.165, 1.54) is 0 Å². The third kappa shape index (κ3) is 8.37. The highest BCUT2D eigenvalue weighted by molar-refractivity contribution is 6.06. The summed E-state index contributed by atoms with van der Waals surface area (Å²) in [7, 11) is 0. The van der Waals surface area contributed by atoms with Crippen LogP contribution < -0.4 is 20.3 Å². The summed E-state index contributed by atoms with van der Waals surface area (Å²) in [4.78, 5) is 65.8. The maximum Gasteiger partial charge on any atom is 0.315 e. The Kier molecular flexibility index (Phi) is 11.0. The van der Waals surface area contributed by atoms with E-state index in [1.54, 1.807) is 4.90 Å². The van der Waals surface area contributed by atoms with Crippen LogP contribution in [0.25, 0.3) is 33.4 Å². The van der Waals surface area contributed by atoms with Gasteiger partial charge >= 0.3 is 11.8 Å². The standard InChI is InChI=1S/C47H50N10O6/c1-27-23-30(11-14-34(27)28(2)49-43(60)44-51-46(54-63-44)47(3,4)5)40-35-24-32(25-48-41(35)53-52-40)29-9-12-33(13-10-29)56-19-17-55(18-20-56)21-22-62-37-8-6-7-31-26-57(45(61)39(31)37)36-15-16-38(58)50-42(36)59/h6-14,23-25,28,36H,15-22,26H2,1-5H3,(H,49,60)(H,48,52,53)(H,50,58,59)/t28?,36-/m1/s1. The summed E-state index contributed by atoms with van der Waals surface area (Å²) in [6.45, 7) is 14.8. The molecule has 2 fully saturated rings. The molecule has 4 amide bonds. The Balaban J connectivity index is 0.789. The molecule has 3 N–H and O–H groups in total. The third-order valence-corrected chi connectivity index (χ3v) is 12.2. The third-order valence-electron chi connectivity index (χ3n) is 12.2. The van der Waals surface area contributed by atoms with Crippen LogP contribution in [0.4, 0.5) is 5.69 Å². The molecule has 2 saturated heterocycles. The molecular formula is C47H50N10O6. The lowest BCUT2D eigenvalue weighted by Gasteiger charge is -2.36. The smallest absolute Gasteiger partial charge is 0.315 e. The van der Waals surface area contributed by atoms with E-state index in [-0.39, 0.29) is 35.6 Å². The first-order valence-electron chi connectivity index (χ1n) is 21.4. The van der Waals surface area contributed by atoms with E-state index < -0.39 is 17.9 Å². The van der Waals surface area contributed by atoms with E-state index in [2.05, 4.69) is 77.2 Å². The van der Waals surface area contributed by atoms with Gasteiger partial charge in [-0.25, -0.2) is 4.98 Å². The summed E-state index contributed by atoms with van der Waals surface area (Å²) in [6.07, 6.45) is 2.40. The fourth-order valence-corrected chi connectivity index (χ4v) is 8.63. The van der Waals surface area contributed by atoms with Gasteiger partial charge < -0.3 is 24.4 Å². The second-order valence-electron chi connectivity index (χ2n) is 17.5. The van der Waals surface area contributed by atoms with Crippen molar-refractivity contribution in [3.8, 4) is 28.1 Å². The Labute approximate surface area is 364 Å². The fraction of sp³-hybridized carbons (Fsp3) is 0.362. The molecule has 16 heteroatoms. The van der Waals surface area contributed by atoms with E-state index in [4.69, 9.17) is 14.2 Å². The van der Waals surface area contributed by atoms with Gasteiger partial charge in [0.2, 0.25) is 11.8 Å². The van der Waals surface area contributed by atoms with E-state index in [9.17, 15) is 19.2 Å². The number of hydrogen-bond donors (Lipinski definition) is 3. The lowest BCUT2D eigenvalue weighted by molar-refractivity contribution is -0.136. The molecule has 0 spiro atoms. The summed E-state index contributed by atoms with van der Waals surface area (Å²) in [5.41, 5.74) is 8.58. The van der Waals surface area contributed by atoms with Gasteiger partial charge in [-0.2, -0.15) is 10.1 Å². The zero-order valence-corrected chi connectivity index (χ0v) is 36.0. The van der Waals surface area contributed by atoms with E-state index in [1.807, 2.05) is 71.1 Å². The van der Waals surface area contributed by atoms with Crippen LogP contribution in [0, 0.1) is 6.92 Å². The number of nitrogens with zero attached hydrogens (tertiary/aromatic N) is 7. The van der Waals surface area contributed by atoms with Gasteiger partial charge in [-0.05, 0) is 72.9 Å². The molecular weight excluding hydrogens is 801 g/mol. The summed E-state index contributed by atoms with van der Waals surface area (Å²) < 4.78 is 11.4. The Morgan fingerprint density at radius 3 is 2.49 bits per heavy atom. The fourth-order valence-electron chi connectivity index (χ4n) is 8.63. The molecule has 3 aliphatic heterocycles. The highest BCUT2D eigenvalue weighted by Crippen LogP contribution is 2.35. The van der Waals surface area contributed by atoms with Crippen LogP contribution in [0.1, 0.15) is 90.1 Å². The number of aryl methyl sites for hydroxylation is 1. The quantitative estimate of drug-likeness (QED) is 0.134. The minimum absolute atomic E-state index is 0.0581. The molecule has 1 unspecified atom stereocenters. The molecule has 0 saturated carbocycles. The number of aromatic nitrogens is 5. The van der Waals surface area contributed by atoms with Crippen LogP contribution in [0.3, 0.4) is 0 Å². The lowest BCUT2D eigenvalue weighted by atomic mass is 9.96. The Morgan fingerprint density at radius 1 is 0.984 bits per heavy atom. The van der Waals surface area contributed by atoms with Crippen molar-refractivity contribution in [2.24, 2.45) is 0 Å². The summed E-state index contributed by atoms with van der Waals surface area (Å²) in [6, 6.07) is 21.4. The number of H-pyrrole nitrogens is 1. The number of nitrogens with one attached hydrogen (secondary N) is 3. The van der Waals surface area contributed by atoms with Gasteiger partial charge in [-0.1, -0.05) is 62.3 Å². The van der Waals surface area contributed by atoms with Gasteiger partial charge in [-0.3, -0.25) is 34.5 Å². The lowest BCUT2D eigenvalue weighted by Crippen LogP contribution is -2.52. The Bertz CT molecular complexity index is 2730.